The lowest BCUT2D eigenvalue weighted by atomic mass is 9.99. The average molecular weight is 312 g/mol. The first-order valence-corrected chi connectivity index (χ1v) is 7.51. The van der Waals surface area contributed by atoms with E-state index in [1.165, 1.54) is 0 Å². The Hall–Kier alpha value is -1.89. The van der Waals surface area contributed by atoms with Gasteiger partial charge in [0.15, 0.2) is 0 Å². The molecule has 7 heteroatoms. The number of amides is 2. The maximum absolute atomic E-state index is 12.1. The van der Waals surface area contributed by atoms with E-state index in [0.29, 0.717) is 19.3 Å². The second kappa shape index (κ2) is 9.94. The minimum atomic E-state index is -0.475. The molecule has 1 heterocycles. The Bertz CT molecular complexity index is 422. The van der Waals surface area contributed by atoms with Crippen molar-refractivity contribution in [1.82, 2.24) is 10.6 Å². The summed E-state index contributed by atoms with van der Waals surface area (Å²) < 4.78 is 4.95. The van der Waals surface area contributed by atoms with E-state index < -0.39 is 5.92 Å². The van der Waals surface area contributed by atoms with Crippen LogP contribution >= 0.6 is 0 Å². The van der Waals surface area contributed by atoms with Gasteiger partial charge >= 0.3 is 5.97 Å². The van der Waals surface area contributed by atoms with E-state index in [0.717, 1.165) is 0 Å². The summed E-state index contributed by atoms with van der Waals surface area (Å²) in [5.41, 5.74) is 0. The molecule has 0 fully saturated rings. The minimum Gasteiger partial charge on any atom is -0.464 e. The van der Waals surface area contributed by atoms with Crippen molar-refractivity contribution in [3.63, 3.8) is 0 Å². The second-order valence-corrected chi connectivity index (χ2v) is 5.31. The van der Waals surface area contributed by atoms with Gasteiger partial charge in [-0.05, 0) is 19.8 Å². The number of esters is 1. The number of nitrogens with one attached hydrogen (secondary N) is 2. The maximum atomic E-state index is 12.1. The van der Waals surface area contributed by atoms with Crippen LogP contribution in [0.4, 0.5) is 0 Å². The highest BCUT2D eigenvalue weighted by molar-refractivity contribution is 5.86. The second-order valence-electron chi connectivity index (χ2n) is 5.31. The highest BCUT2D eigenvalue weighted by Gasteiger charge is 2.21. The quantitative estimate of drug-likeness (QED) is 0.496. The van der Waals surface area contributed by atoms with E-state index >= 15 is 0 Å². The molecule has 22 heavy (non-hydrogen) atoms. The molecule has 0 aromatic rings. The van der Waals surface area contributed by atoms with Crippen LogP contribution in [-0.2, 0) is 19.1 Å². The number of ether oxygens (including phenoxy) is 1. The fourth-order valence-electron chi connectivity index (χ4n) is 2.02. The van der Waals surface area contributed by atoms with Crippen LogP contribution in [0, 0.1) is 5.92 Å². The minimum absolute atomic E-state index is 0.0559. The van der Waals surface area contributed by atoms with Crippen LogP contribution in [0.5, 0.6) is 0 Å². The standard InChI is InChI=1S/C15H24N2O5/c1-11(10-18)17-13(19)9-12-5-3-2-4-6-14(20)22-8-7-16-15(12)21/h2-3,11-12,18H,4-10H2,1H3,(H,16,21)(H,17,19). The molecule has 0 spiro atoms. The topological polar surface area (TPSA) is 105 Å². The number of rotatable bonds is 4. The summed E-state index contributed by atoms with van der Waals surface area (Å²) in [6.45, 7) is 1.91. The van der Waals surface area contributed by atoms with Gasteiger partial charge in [-0.25, -0.2) is 0 Å². The number of aliphatic hydroxyl groups excluding tert-OH is 1. The van der Waals surface area contributed by atoms with Crippen molar-refractivity contribution in [1.29, 1.82) is 0 Å². The van der Waals surface area contributed by atoms with E-state index in [-0.39, 0.29) is 50.0 Å². The van der Waals surface area contributed by atoms with Crippen molar-refractivity contribution in [2.24, 2.45) is 5.92 Å². The van der Waals surface area contributed by atoms with Crippen LogP contribution in [0.3, 0.4) is 0 Å². The van der Waals surface area contributed by atoms with Gasteiger partial charge < -0.3 is 20.5 Å². The van der Waals surface area contributed by atoms with E-state index in [9.17, 15) is 14.4 Å². The summed E-state index contributed by atoms with van der Waals surface area (Å²) in [6, 6.07) is -0.336. The molecule has 3 N–H and O–H groups in total. The summed E-state index contributed by atoms with van der Waals surface area (Å²) in [5.74, 6) is -1.27. The van der Waals surface area contributed by atoms with Gasteiger partial charge in [0.25, 0.3) is 0 Å². The van der Waals surface area contributed by atoms with Crippen molar-refractivity contribution in [2.75, 3.05) is 19.8 Å². The van der Waals surface area contributed by atoms with E-state index in [1.807, 2.05) is 12.2 Å². The highest BCUT2D eigenvalue weighted by atomic mass is 16.5. The number of aliphatic hydroxyl groups is 1. The fraction of sp³-hybridized carbons (Fsp3) is 0.667. The molecule has 0 bridgehead atoms. The van der Waals surface area contributed by atoms with Crippen LogP contribution in [0.15, 0.2) is 12.2 Å². The Morgan fingerprint density at radius 2 is 2.27 bits per heavy atom. The van der Waals surface area contributed by atoms with Crippen LogP contribution in [-0.4, -0.2) is 48.7 Å². The molecule has 2 amide bonds. The normalized spacial score (nSPS) is 21.8. The summed E-state index contributed by atoms with van der Waals surface area (Å²) in [7, 11) is 0. The molecule has 1 rings (SSSR count). The van der Waals surface area contributed by atoms with Gasteiger partial charge in [-0.3, -0.25) is 14.4 Å². The smallest absolute Gasteiger partial charge is 0.306 e. The lowest BCUT2D eigenvalue weighted by molar-refractivity contribution is -0.144. The SMILES string of the molecule is CC(CO)NC(=O)CC1CC=CCCC(=O)OCCNC1=O. The molecule has 7 nitrogen and oxygen atoms in total. The fourth-order valence-corrected chi connectivity index (χ4v) is 2.02. The maximum Gasteiger partial charge on any atom is 0.306 e. The van der Waals surface area contributed by atoms with E-state index in [1.54, 1.807) is 6.92 Å². The molecule has 0 saturated heterocycles. The lowest BCUT2D eigenvalue weighted by Gasteiger charge is -2.17. The Kier molecular flexibility index (Phi) is 8.21. The predicted octanol–water partition coefficient (Wildman–Crippen LogP) is -0.111. The molecule has 124 valence electrons. The third-order valence-electron chi connectivity index (χ3n) is 3.25. The Labute approximate surface area is 130 Å². The first kappa shape index (κ1) is 18.2. The lowest BCUT2D eigenvalue weighted by Crippen LogP contribution is -2.39. The average Bonchev–Trinajstić information content (AvgIpc) is 2.48. The number of hydrogen-bond acceptors (Lipinski definition) is 5. The zero-order chi connectivity index (χ0) is 16.4. The molecular weight excluding hydrogens is 288 g/mol. The molecule has 0 aromatic carbocycles. The van der Waals surface area contributed by atoms with Gasteiger partial charge in [-0.1, -0.05) is 12.2 Å². The molecule has 0 saturated carbocycles. The summed E-state index contributed by atoms with van der Waals surface area (Å²) >= 11 is 0. The molecular formula is C15H24N2O5. The van der Waals surface area contributed by atoms with Crippen LogP contribution < -0.4 is 10.6 Å². The van der Waals surface area contributed by atoms with Gasteiger partial charge in [0.1, 0.15) is 6.61 Å². The molecule has 2 atom stereocenters. The largest absolute Gasteiger partial charge is 0.464 e. The number of cyclic esters (lactones) is 1. The molecule has 2 unspecified atom stereocenters. The first-order chi connectivity index (χ1) is 10.5. The van der Waals surface area contributed by atoms with E-state index in [4.69, 9.17) is 9.84 Å². The van der Waals surface area contributed by atoms with Gasteiger partial charge in [-0.15, -0.1) is 0 Å². The van der Waals surface area contributed by atoms with Crippen molar-refractivity contribution < 1.29 is 24.2 Å². The van der Waals surface area contributed by atoms with Crippen LogP contribution in [0.25, 0.3) is 0 Å². The van der Waals surface area contributed by atoms with Crippen LogP contribution in [0.2, 0.25) is 0 Å². The molecule has 0 aliphatic carbocycles. The predicted molar refractivity (Wildman–Crippen MR) is 79.8 cm³/mol. The monoisotopic (exact) mass is 312 g/mol. The third kappa shape index (κ3) is 7.21. The number of hydrogen-bond donors (Lipinski definition) is 3. The van der Waals surface area contributed by atoms with Gasteiger partial charge in [0.2, 0.25) is 11.8 Å². The van der Waals surface area contributed by atoms with E-state index in [2.05, 4.69) is 10.6 Å². The zero-order valence-electron chi connectivity index (χ0n) is 12.8. The molecule has 0 aromatic heterocycles. The highest BCUT2D eigenvalue weighted by Crippen LogP contribution is 2.11. The van der Waals surface area contributed by atoms with Crippen molar-refractivity contribution in [2.45, 2.75) is 38.6 Å². The zero-order valence-corrected chi connectivity index (χ0v) is 12.8. The molecule has 1 aliphatic rings. The third-order valence-corrected chi connectivity index (χ3v) is 3.25. The van der Waals surface area contributed by atoms with Crippen LogP contribution in [0.1, 0.15) is 32.6 Å². The van der Waals surface area contributed by atoms with Gasteiger partial charge in [-0.2, -0.15) is 0 Å². The number of carbonyl (C=O) groups is 3. The number of carbonyl (C=O) groups excluding carboxylic acids is 3. The Morgan fingerprint density at radius 3 is 3.00 bits per heavy atom. The number of allylic oxidation sites excluding steroid dienone is 2. The Morgan fingerprint density at radius 1 is 1.50 bits per heavy atom. The summed E-state index contributed by atoms with van der Waals surface area (Å²) in [4.78, 5) is 35.2. The molecule has 0 radical (unpaired) electrons. The van der Waals surface area contributed by atoms with Crippen molar-refractivity contribution in [3.05, 3.63) is 12.2 Å². The first-order valence-electron chi connectivity index (χ1n) is 7.51. The van der Waals surface area contributed by atoms with Crippen molar-refractivity contribution >= 4 is 17.8 Å². The summed E-state index contributed by atoms with van der Waals surface area (Å²) in [5, 5.41) is 14.2. The van der Waals surface area contributed by atoms with Crippen molar-refractivity contribution in [3.8, 4) is 0 Å². The van der Waals surface area contributed by atoms with Gasteiger partial charge in [0, 0.05) is 18.9 Å². The summed E-state index contributed by atoms with van der Waals surface area (Å²) in [6.07, 6.45) is 4.98. The van der Waals surface area contributed by atoms with Gasteiger partial charge in [0.05, 0.1) is 19.1 Å². The Balaban J connectivity index is 2.60. The molecule has 1 aliphatic heterocycles.